The molecule has 0 spiro atoms. The predicted octanol–water partition coefficient (Wildman–Crippen LogP) is 2.18. The zero-order valence-electron chi connectivity index (χ0n) is 15.8. The van der Waals surface area contributed by atoms with Crippen molar-refractivity contribution < 1.29 is 14.3 Å². The molecule has 6 nitrogen and oxygen atoms in total. The molecule has 1 N–H and O–H groups in total. The lowest BCUT2D eigenvalue weighted by molar-refractivity contribution is -0.122. The van der Waals surface area contributed by atoms with Crippen LogP contribution in [-0.2, 0) is 22.7 Å². The molecule has 0 bridgehead atoms. The van der Waals surface area contributed by atoms with Gasteiger partial charge in [0, 0.05) is 26.1 Å². The first-order valence-corrected chi connectivity index (χ1v) is 9.05. The molecule has 0 fully saturated rings. The molecular formula is C21H25N3O3. The average molecular weight is 367 g/mol. The van der Waals surface area contributed by atoms with Crippen LogP contribution in [0, 0.1) is 0 Å². The molecule has 142 valence electrons. The summed E-state index contributed by atoms with van der Waals surface area (Å²) in [7, 11) is 4.04. The normalized spacial score (nSPS) is 13.3. The monoisotopic (exact) mass is 367 g/mol. The van der Waals surface area contributed by atoms with Gasteiger partial charge in [0.25, 0.3) is 5.91 Å². The van der Waals surface area contributed by atoms with Crippen LogP contribution in [0.5, 0.6) is 5.75 Å². The topological polar surface area (TPSA) is 61.9 Å². The van der Waals surface area contributed by atoms with E-state index in [4.69, 9.17) is 4.74 Å². The van der Waals surface area contributed by atoms with Crippen molar-refractivity contribution in [2.75, 3.05) is 32.1 Å². The van der Waals surface area contributed by atoms with E-state index in [0.29, 0.717) is 18.8 Å². The molecular weight excluding hydrogens is 342 g/mol. The molecule has 0 atom stereocenters. The lowest BCUT2D eigenvalue weighted by Gasteiger charge is -2.29. The van der Waals surface area contributed by atoms with E-state index < -0.39 is 0 Å². The zero-order valence-corrected chi connectivity index (χ0v) is 15.8. The van der Waals surface area contributed by atoms with Gasteiger partial charge in [-0.3, -0.25) is 9.59 Å². The van der Waals surface area contributed by atoms with E-state index in [2.05, 4.69) is 16.3 Å². The van der Waals surface area contributed by atoms with Crippen molar-refractivity contribution in [2.24, 2.45) is 0 Å². The fourth-order valence-corrected chi connectivity index (χ4v) is 3.12. The van der Waals surface area contributed by atoms with E-state index in [1.165, 1.54) is 5.56 Å². The van der Waals surface area contributed by atoms with E-state index in [0.717, 1.165) is 17.8 Å². The van der Waals surface area contributed by atoms with Gasteiger partial charge in [-0.05, 0) is 37.4 Å². The smallest absolute Gasteiger partial charge is 0.265 e. The molecule has 0 unspecified atom stereocenters. The van der Waals surface area contributed by atoms with Crippen LogP contribution in [-0.4, -0.2) is 44.0 Å². The third-order valence-corrected chi connectivity index (χ3v) is 4.45. The fraction of sp³-hybridized carbons (Fsp3) is 0.333. The van der Waals surface area contributed by atoms with Crippen molar-refractivity contribution in [3.8, 4) is 5.75 Å². The van der Waals surface area contributed by atoms with Gasteiger partial charge in [0.15, 0.2) is 6.61 Å². The van der Waals surface area contributed by atoms with Crippen LogP contribution >= 0.6 is 0 Å². The first kappa shape index (κ1) is 18.9. The maximum Gasteiger partial charge on any atom is 0.265 e. The minimum Gasteiger partial charge on any atom is -0.482 e. The fourth-order valence-electron chi connectivity index (χ4n) is 3.12. The SMILES string of the molecule is CN(C)Cc1ccccc1CNC(=O)CCN1C(=O)COc2ccccc21. The van der Waals surface area contributed by atoms with Crippen molar-refractivity contribution in [3.05, 3.63) is 59.7 Å². The number of ether oxygens (including phenoxy) is 1. The van der Waals surface area contributed by atoms with Gasteiger partial charge in [-0.2, -0.15) is 0 Å². The molecule has 0 saturated heterocycles. The number of fused-ring (bicyclic) bond motifs is 1. The Hall–Kier alpha value is -2.86. The standard InChI is InChI=1S/C21H25N3O3/c1-23(2)14-17-8-4-3-7-16(17)13-22-20(25)11-12-24-18-9-5-6-10-19(18)27-15-21(24)26/h3-10H,11-15H2,1-2H3,(H,22,25). The van der Waals surface area contributed by atoms with Crippen LogP contribution in [0.25, 0.3) is 0 Å². The van der Waals surface area contributed by atoms with Crippen molar-refractivity contribution in [3.63, 3.8) is 0 Å². The van der Waals surface area contributed by atoms with Gasteiger partial charge in [-0.1, -0.05) is 36.4 Å². The van der Waals surface area contributed by atoms with Gasteiger partial charge in [-0.15, -0.1) is 0 Å². The van der Waals surface area contributed by atoms with Crippen molar-refractivity contribution in [1.82, 2.24) is 10.2 Å². The number of nitrogens with one attached hydrogen (secondary N) is 1. The number of rotatable bonds is 7. The number of para-hydroxylation sites is 2. The molecule has 2 amide bonds. The van der Waals surface area contributed by atoms with Crippen molar-refractivity contribution in [2.45, 2.75) is 19.5 Å². The summed E-state index contributed by atoms with van der Waals surface area (Å²) >= 11 is 0. The summed E-state index contributed by atoms with van der Waals surface area (Å²) in [5.41, 5.74) is 3.02. The van der Waals surface area contributed by atoms with Gasteiger partial charge in [0.1, 0.15) is 5.75 Å². The second-order valence-electron chi connectivity index (χ2n) is 6.83. The third-order valence-electron chi connectivity index (χ3n) is 4.45. The minimum absolute atomic E-state index is 0.0105. The molecule has 0 aromatic heterocycles. The van der Waals surface area contributed by atoms with Gasteiger partial charge in [0.05, 0.1) is 5.69 Å². The van der Waals surface area contributed by atoms with Crippen molar-refractivity contribution >= 4 is 17.5 Å². The van der Waals surface area contributed by atoms with Crippen LogP contribution in [0.15, 0.2) is 48.5 Å². The Labute approximate surface area is 159 Å². The summed E-state index contributed by atoms with van der Waals surface area (Å²) in [6.45, 7) is 1.66. The molecule has 0 saturated carbocycles. The number of nitrogens with zero attached hydrogens (tertiary/aromatic N) is 2. The highest BCUT2D eigenvalue weighted by Gasteiger charge is 2.25. The second kappa shape index (κ2) is 8.68. The molecule has 0 aliphatic carbocycles. The number of hydrogen-bond acceptors (Lipinski definition) is 4. The van der Waals surface area contributed by atoms with E-state index in [9.17, 15) is 9.59 Å². The maximum absolute atomic E-state index is 12.3. The highest BCUT2D eigenvalue weighted by atomic mass is 16.5. The largest absolute Gasteiger partial charge is 0.482 e. The molecule has 6 heteroatoms. The lowest BCUT2D eigenvalue weighted by Crippen LogP contribution is -2.41. The quantitative estimate of drug-likeness (QED) is 0.815. The summed E-state index contributed by atoms with van der Waals surface area (Å²) in [6.07, 6.45) is 0.246. The number of anilines is 1. The van der Waals surface area contributed by atoms with E-state index >= 15 is 0 Å². The van der Waals surface area contributed by atoms with Crippen molar-refractivity contribution in [1.29, 1.82) is 0 Å². The highest BCUT2D eigenvalue weighted by Crippen LogP contribution is 2.31. The zero-order chi connectivity index (χ0) is 19.2. The lowest BCUT2D eigenvalue weighted by atomic mass is 10.1. The van der Waals surface area contributed by atoms with Crippen LogP contribution in [0.3, 0.4) is 0 Å². The summed E-state index contributed by atoms with van der Waals surface area (Å²) in [6, 6.07) is 15.5. The van der Waals surface area contributed by atoms with Crippen LogP contribution < -0.4 is 15.0 Å². The molecule has 2 aromatic carbocycles. The Kier molecular flexibility index (Phi) is 6.08. The van der Waals surface area contributed by atoms with Crippen LogP contribution in [0.1, 0.15) is 17.5 Å². The Bertz CT molecular complexity index is 820. The summed E-state index contributed by atoms with van der Waals surface area (Å²) in [5.74, 6) is 0.472. The van der Waals surface area contributed by atoms with E-state index in [1.807, 2.05) is 56.6 Å². The summed E-state index contributed by atoms with van der Waals surface area (Å²) < 4.78 is 5.43. The summed E-state index contributed by atoms with van der Waals surface area (Å²) in [4.78, 5) is 28.2. The molecule has 1 heterocycles. The molecule has 0 radical (unpaired) electrons. The molecule has 2 aromatic rings. The number of amides is 2. The van der Waals surface area contributed by atoms with Gasteiger partial charge in [-0.25, -0.2) is 0 Å². The predicted molar refractivity (Wildman–Crippen MR) is 105 cm³/mol. The maximum atomic E-state index is 12.3. The number of carbonyl (C=O) groups is 2. The Balaban J connectivity index is 1.56. The van der Waals surface area contributed by atoms with E-state index in [1.54, 1.807) is 4.90 Å². The Morgan fingerprint density at radius 2 is 1.81 bits per heavy atom. The first-order chi connectivity index (χ1) is 13.0. The first-order valence-electron chi connectivity index (χ1n) is 9.05. The molecule has 1 aliphatic heterocycles. The number of hydrogen-bond donors (Lipinski definition) is 1. The van der Waals surface area contributed by atoms with Crippen LogP contribution in [0.4, 0.5) is 5.69 Å². The molecule has 27 heavy (non-hydrogen) atoms. The summed E-state index contributed by atoms with van der Waals surface area (Å²) in [5, 5.41) is 2.96. The highest BCUT2D eigenvalue weighted by molar-refractivity contribution is 5.98. The van der Waals surface area contributed by atoms with Gasteiger partial charge in [0.2, 0.25) is 5.91 Å². The van der Waals surface area contributed by atoms with Gasteiger partial charge >= 0.3 is 0 Å². The number of benzene rings is 2. The minimum atomic E-state index is -0.127. The average Bonchev–Trinajstić information content (AvgIpc) is 2.66. The van der Waals surface area contributed by atoms with Crippen LogP contribution in [0.2, 0.25) is 0 Å². The second-order valence-corrected chi connectivity index (χ2v) is 6.83. The Morgan fingerprint density at radius 3 is 2.59 bits per heavy atom. The van der Waals surface area contributed by atoms with Gasteiger partial charge < -0.3 is 19.9 Å². The Morgan fingerprint density at radius 1 is 1.11 bits per heavy atom. The van der Waals surface area contributed by atoms with E-state index in [-0.39, 0.29) is 24.8 Å². The number of carbonyl (C=O) groups excluding carboxylic acids is 2. The molecule has 3 rings (SSSR count). The third kappa shape index (κ3) is 4.86. The molecule has 1 aliphatic rings.